The normalized spacial score (nSPS) is 11.3. The third-order valence-electron chi connectivity index (χ3n) is 3.99. The molecule has 3 rings (SSSR count). The van der Waals surface area contributed by atoms with E-state index in [1.165, 1.54) is 6.92 Å². The third-order valence-corrected chi connectivity index (χ3v) is 3.99. The van der Waals surface area contributed by atoms with E-state index in [1.807, 2.05) is 12.1 Å². The highest BCUT2D eigenvalue weighted by Crippen LogP contribution is 2.20. The third kappa shape index (κ3) is 4.64. The standard InChI is InChI=1S/C21H19N5O2/c1-14(22)19(20(27)25-16-7-3-2-4-8-16)21(28)26-17-9-5-6-15(12-17)18-13-23-10-11-24-18/h2-13,19,22H,1H3,(H,25,27)(H,26,28). The smallest absolute Gasteiger partial charge is 0.242 e. The Hall–Kier alpha value is -3.87. The first-order valence-electron chi connectivity index (χ1n) is 8.63. The van der Waals surface area contributed by atoms with E-state index in [1.54, 1.807) is 61.1 Å². The van der Waals surface area contributed by atoms with E-state index >= 15 is 0 Å². The molecule has 3 aromatic rings. The topological polar surface area (TPSA) is 108 Å². The van der Waals surface area contributed by atoms with Crippen molar-refractivity contribution in [3.8, 4) is 11.3 Å². The lowest BCUT2D eigenvalue weighted by molar-refractivity contribution is -0.126. The summed E-state index contributed by atoms with van der Waals surface area (Å²) >= 11 is 0. The molecule has 0 aliphatic carbocycles. The second-order valence-corrected chi connectivity index (χ2v) is 6.13. The predicted molar refractivity (Wildman–Crippen MR) is 108 cm³/mol. The largest absolute Gasteiger partial charge is 0.325 e. The van der Waals surface area contributed by atoms with Gasteiger partial charge in [-0.05, 0) is 31.2 Å². The molecule has 7 heteroatoms. The summed E-state index contributed by atoms with van der Waals surface area (Å²) in [6.45, 7) is 1.44. The Kier molecular flexibility index (Phi) is 5.86. The van der Waals surface area contributed by atoms with Crippen LogP contribution < -0.4 is 10.6 Å². The number of carbonyl (C=O) groups excluding carboxylic acids is 2. The van der Waals surface area contributed by atoms with Gasteiger partial charge < -0.3 is 16.0 Å². The first-order valence-corrected chi connectivity index (χ1v) is 8.63. The summed E-state index contributed by atoms with van der Waals surface area (Å²) in [4.78, 5) is 33.5. The first-order chi connectivity index (χ1) is 13.5. The van der Waals surface area contributed by atoms with Crippen molar-refractivity contribution in [2.75, 3.05) is 10.6 Å². The highest BCUT2D eigenvalue weighted by molar-refractivity contribution is 6.24. The molecule has 0 saturated heterocycles. The zero-order chi connectivity index (χ0) is 19.9. The van der Waals surface area contributed by atoms with Crippen molar-refractivity contribution in [3.05, 3.63) is 73.2 Å². The number of aromatic nitrogens is 2. The molecule has 2 aromatic carbocycles. The van der Waals surface area contributed by atoms with Gasteiger partial charge in [-0.2, -0.15) is 0 Å². The van der Waals surface area contributed by atoms with Gasteiger partial charge in [0.15, 0.2) is 5.92 Å². The van der Waals surface area contributed by atoms with Gasteiger partial charge in [0.2, 0.25) is 11.8 Å². The van der Waals surface area contributed by atoms with E-state index in [4.69, 9.17) is 5.41 Å². The lowest BCUT2D eigenvalue weighted by Gasteiger charge is -2.16. The van der Waals surface area contributed by atoms with Crippen LogP contribution in [0.5, 0.6) is 0 Å². The molecule has 0 aliphatic rings. The summed E-state index contributed by atoms with van der Waals surface area (Å²) < 4.78 is 0. The minimum absolute atomic E-state index is 0.0454. The zero-order valence-electron chi connectivity index (χ0n) is 15.2. The second-order valence-electron chi connectivity index (χ2n) is 6.13. The summed E-state index contributed by atoms with van der Waals surface area (Å²) in [5, 5.41) is 13.3. The van der Waals surface area contributed by atoms with E-state index in [0.717, 1.165) is 5.56 Å². The average molecular weight is 373 g/mol. The van der Waals surface area contributed by atoms with Gasteiger partial charge in [0, 0.05) is 35.0 Å². The summed E-state index contributed by atoms with van der Waals surface area (Å²) in [6, 6.07) is 15.9. The van der Waals surface area contributed by atoms with Gasteiger partial charge in [0.25, 0.3) is 0 Å². The molecule has 2 amide bonds. The number of rotatable bonds is 6. The quantitative estimate of drug-likeness (QED) is 0.455. The first kappa shape index (κ1) is 18.9. The SMILES string of the molecule is CC(=N)C(C(=O)Nc1ccccc1)C(=O)Nc1cccc(-c2cnccn2)c1. The Labute approximate surface area is 162 Å². The number of nitrogens with zero attached hydrogens (tertiary/aromatic N) is 2. The van der Waals surface area contributed by atoms with Gasteiger partial charge in [-0.3, -0.25) is 19.6 Å². The van der Waals surface area contributed by atoms with Crippen LogP contribution in [0.4, 0.5) is 11.4 Å². The highest BCUT2D eigenvalue weighted by Gasteiger charge is 2.29. The minimum Gasteiger partial charge on any atom is -0.325 e. The molecule has 1 heterocycles. The zero-order valence-corrected chi connectivity index (χ0v) is 15.2. The molecular weight excluding hydrogens is 354 g/mol. The fraction of sp³-hybridized carbons (Fsp3) is 0.0952. The van der Waals surface area contributed by atoms with Crippen molar-refractivity contribution in [2.45, 2.75) is 6.92 Å². The van der Waals surface area contributed by atoms with Crippen LogP contribution in [0, 0.1) is 11.3 Å². The summed E-state index contributed by atoms with van der Waals surface area (Å²) in [6.07, 6.45) is 4.79. The lowest BCUT2D eigenvalue weighted by atomic mass is 10.0. The van der Waals surface area contributed by atoms with Gasteiger partial charge in [0.1, 0.15) is 0 Å². The number of amides is 2. The van der Waals surface area contributed by atoms with E-state index in [0.29, 0.717) is 17.1 Å². The van der Waals surface area contributed by atoms with E-state index < -0.39 is 17.7 Å². The molecule has 1 aromatic heterocycles. The van der Waals surface area contributed by atoms with Crippen molar-refractivity contribution in [3.63, 3.8) is 0 Å². The van der Waals surface area contributed by atoms with Crippen molar-refractivity contribution in [2.24, 2.45) is 5.92 Å². The summed E-state index contributed by atoms with van der Waals surface area (Å²) in [5.74, 6) is -2.36. The molecule has 1 unspecified atom stereocenters. The van der Waals surface area contributed by atoms with Gasteiger partial charge in [-0.1, -0.05) is 30.3 Å². The molecule has 0 bridgehead atoms. The van der Waals surface area contributed by atoms with Gasteiger partial charge in [-0.15, -0.1) is 0 Å². The maximum absolute atomic E-state index is 12.7. The Morgan fingerprint density at radius 3 is 2.25 bits per heavy atom. The van der Waals surface area contributed by atoms with Crippen LogP contribution in [-0.4, -0.2) is 27.5 Å². The summed E-state index contributed by atoms with van der Waals surface area (Å²) in [7, 11) is 0. The molecule has 140 valence electrons. The van der Waals surface area contributed by atoms with Crippen LogP contribution in [-0.2, 0) is 9.59 Å². The van der Waals surface area contributed by atoms with E-state index in [2.05, 4.69) is 20.6 Å². The maximum atomic E-state index is 12.7. The number of carbonyl (C=O) groups is 2. The molecule has 28 heavy (non-hydrogen) atoms. The number of hydrogen-bond acceptors (Lipinski definition) is 5. The molecular formula is C21H19N5O2. The molecule has 1 atom stereocenters. The maximum Gasteiger partial charge on any atom is 0.242 e. The molecule has 3 N–H and O–H groups in total. The van der Waals surface area contributed by atoms with Crippen molar-refractivity contribution >= 4 is 28.9 Å². The van der Waals surface area contributed by atoms with Crippen LogP contribution in [0.3, 0.4) is 0 Å². The fourth-order valence-electron chi connectivity index (χ4n) is 2.67. The predicted octanol–water partition coefficient (Wildman–Crippen LogP) is 3.38. The van der Waals surface area contributed by atoms with Crippen LogP contribution in [0.1, 0.15) is 6.92 Å². The Morgan fingerprint density at radius 1 is 0.929 bits per heavy atom. The van der Waals surface area contributed by atoms with Crippen molar-refractivity contribution < 1.29 is 9.59 Å². The van der Waals surface area contributed by atoms with Crippen LogP contribution in [0.25, 0.3) is 11.3 Å². The number of benzene rings is 2. The average Bonchev–Trinajstić information content (AvgIpc) is 2.69. The van der Waals surface area contributed by atoms with Crippen LogP contribution in [0.15, 0.2) is 73.2 Å². The minimum atomic E-state index is -1.24. The second kappa shape index (κ2) is 8.68. The molecule has 0 saturated carbocycles. The van der Waals surface area contributed by atoms with Crippen LogP contribution >= 0.6 is 0 Å². The number of para-hydroxylation sites is 1. The summed E-state index contributed by atoms with van der Waals surface area (Å²) in [5.41, 5.74) is 2.47. The van der Waals surface area contributed by atoms with Crippen molar-refractivity contribution in [1.29, 1.82) is 5.41 Å². The Balaban J connectivity index is 1.76. The monoisotopic (exact) mass is 373 g/mol. The Bertz CT molecular complexity index is 990. The molecule has 0 spiro atoms. The highest BCUT2D eigenvalue weighted by atomic mass is 16.2. The number of hydrogen-bond donors (Lipinski definition) is 3. The van der Waals surface area contributed by atoms with Gasteiger partial charge in [0.05, 0.1) is 11.9 Å². The number of anilines is 2. The molecule has 0 radical (unpaired) electrons. The molecule has 0 aliphatic heterocycles. The van der Waals surface area contributed by atoms with Crippen molar-refractivity contribution in [1.82, 2.24) is 9.97 Å². The Morgan fingerprint density at radius 2 is 1.61 bits per heavy atom. The fourth-order valence-corrected chi connectivity index (χ4v) is 2.67. The molecule has 7 nitrogen and oxygen atoms in total. The van der Waals surface area contributed by atoms with Crippen LogP contribution in [0.2, 0.25) is 0 Å². The lowest BCUT2D eigenvalue weighted by Crippen LogP contribution is -2.38. The van der Waals surface area contributed by atoms with E-state index in [-0.39, 0.29) is 5.71 Å². The van der Waals surface area contributed by atoms with Gasteiger partial charge in [-0.25, -0.2) is 0 Å². The number of nitrogens with one attached hydrogen (secondary N) is 3. The molecule has 0 fully saturated rings. The van der Waals surface area contributed by atoms with Gasteiger partial charge >= 0.3 is 0 Å². The van der Waals surface area contributed by atoms with E-state index in [9.17, 15) is 9.59 Å².